The Morgan fingerprint density at radius 1 is 1.03 bits per heavy atom. The molecule has 0 bridgehead atoms. The largest absolute Gasteiger partial charge is 0.497 e. The fraction of sp³-hybridized carbons (Fsp3) is 0.296. The number of benzene rings is 2. The molecule has 1 saturated heterocycles. The van der Waals surface area contributed by atoms with Crippen molar-refractivity contribution in [2.75, 3.05) is 20.2 Å². The van der Waals surface area contributed by atoms with Gasteiger partial charge in [0, 0.05) is 32.1 Å². The smallest absolute Gasteiger partial charge is 0.277 e. The van der Waals surface area contributed by atoms with E-state index in [-0.39, 0.29) is 17.6 Å². The average molecular weight is 473 g/mol. The van der Waals surface area contributed by atoms with Crippen LogP contribution in [0, 0.1) is 6.92 Å². The first-order chi connectivity index (χ1) is 17.0. The summed E-state index contributed by atoms with van der Waals surface area (Å²) in [6.07, 6.45) is 4.82. The van der Waals surface area contributed by atoms with Crippen molar-refractivity contribution >= 4 is 11.4 Å². The van der Waals surface area contributed by atoms with Crippen LogP contribution < -0.4 is 15.0 Å². The van der Waals surface area contributed by atoms with E-state index < -0.39 is 0 Å². The molecule has 4 aromatic rings. The van der Waals surface area contributed by atoms with E-state index in [4.69, 9.17) is 9.47 Å². The van der Waals surface area contributed by atoms with E-state index in [9.17, 15) is 9.59 Å². The Kier molecular flexibility index (Phi) is 6.27. The fourth-order valence-electron chi connectivity index (χ4n) is 4.54. The summed E-state index contributed by atoms with van der Waals surface area (Å²) in [6.45, 7) is 3.41. The normalized spacial score (nSPS) is 14.3. The molecule has 1 fully saturated rings. The summed E-state index contributed by atoms with van der Waals surface area (Å²) in [5.41, 5.74) is 2.15. The second-order valence-corrected chi connectivity index (χ2v) is 8.79. The topological polar surface area (TPSA) is 78.1 Å². The highest BCUT2D eigenvalue weighted by molar-refractivity contribution is 6.00. The van der Waals surface area contributed by atoms with Gasteiger partial charge in [-0.2, -0.15) is 5.10 Å². The predicted octanol–water partition coefficient (Wildman–Crippen LogP) is 3.54. The maximum absolute atomic E-state index is 13.4. The molecule has 0 atom stereocenters. The van der Waals surface area contributed by atoms with Crippen molar-refractivity contribution in [2.45, 2.75) is 32.4 Å². The Morgan fingerprint density at radius 3 is 2.43 bits per heavy atom. The SMILES string of the molecule is COc1ccc(Cn2cc(C)n3ncc(C(=O)N4CCC(Oc5ccccc5)CC4)c3c2=O)cc1. The van der Waals surface area contributed by atoms with E-state index in [1.807, 2.05) is 61.5 Å². The summed E-state index contributed by atoms with van der Waals surface area (Å²) in [7, 11) is 1.62. The molecule has 2 aromatic heterocycles. The van der Waals surface area contributed by atoms with Gasteiger partial charge in [-0.05, 0) is 36.8 Å². The summed E-state index contributed by atoms with van der Waals surface area (Å²) in [5, 5.41) is 4.35. The standard InChI is InChI=1S/C27H28N4O4/c1-19-17-30(18-20-8-10-21(34-2)11-9-20)27(33)25-24(16-28-31(19)25)26(32)29-14-12-23(13-15-29)35-22-6-4-3-5-7-22/h3-11,16-17,23H,12-15,18H2,1-2H3. The summed E-state index contributed by atoms with van der Waals surface area (Å²) in [5.74, 6) is 1.43. The van der Waals surface area contributed by atoms with Crippen molar-refractivity contribution in [2.24, 2.45) is 0 Å². The van der Waals surface area contributed by atoms with E-state index in [1.165, 1.54) is 6.20 Å². The summed E-state index contributed by atoms with van der Waals surface area (Å²) >= 11 is 0. The predicted molar refractivity (Wildman–Crippen MR) is 132 cm³/mol. The van der Waals surface area contributed by atoms with Gasteiger partial charge in [-0.15, -0.1) is 0 Å². The first-order valence-corrected chi connectivity index (χ1v) is 11.7. The number of aryl methyl sites for hydroxylation is 1. The third-order valence-electron chi connectivity index (χ3n) is 6.43. The van der Waals surface area contributed by atoms with Crippen molar-refractivity contribution in [3.05, 3.63) is 94.2 Å². The van der Waals surface area contributed by atoms with Crippen LogP contribution in [0.3, 0.4) is 0 Å². The number of aromatic nitrogens is 3. The van der Waals surface area contributed by atoms with Gasteiger partial charge in [0.1, 0.15) is 23.1 Å². The summed E-state index contributed by atoms with van der Waals surface area (Å²) < 4.78 is 14.5. The van der Waals surface area contributed by atoms with E-state index in [2.05, 4.69) is 5.10 Å². The Morgan fingerprint density at radius 2 is 1.74 bits per heavy atom. The van der Waals surface area contributed by atoms with Crippen LogP contribution in [0.5, 0.6) is 11.5 Å². The van der Waals surface area contributed by atoms with Crippen LogP contribution in [0.1, 0.15) is 34.5 Å². The Bertz CT molecular complexity index is 1380. The van der Waals surface area contributed by atoms with Gasteiger partial charge >= 0.3 is 0 Å². The lowest BCUT2D eigenvalue weighted by molar-refractivity contribution is 0.0597. The highest BCUT2D eigenvalue weighted by atomic mass is 16.5. The first kappa shape index (κ1) is 22.7. The lowest BCUT2D eigenvalue weighted by atomic mass is 10.1. The van der Waals surface area contributed by atoms with Gasteiger partial charge in [-0.3, -0.25) is 9.59 Å². The zero-order valence-corrected chi connectivity index (χ0v) is 19.9. The molecule has 5 rings (SSSR count). The molecule has 0 radical (unpaired) electrons. The van der Waals surface area contributed by atoms with Crippen LogP contribution in [0.4, 0.5) is 0 Å². The molecule has 8 nitrogen and oxygen atoms in total. The molecular weight excluding hydrogens is 444 g/mol. The number of ether oxygens (including phenoxy) is 2. The monoisotopic (exact) mass is 472 g/mol. The van der Waals surface area contributed by atoms with E-state index in [1.54, 1.807) is 27.3 Å². The van der Waals surface area contributed by atoms with Crippen LogP contribution in [-0.4, -0.2) is 51.3 Å². The van der Waals surface area contributed by atoms with Crippen LogP contribution in [-0.2, 0) is 6.54 Å². The molecule has 0 N–H and O–H groups in total. The minimum Gasteiger partial charge on any atom is -0.497 e. The maximum Gasteiger partial charge on any atom is 0.277 e. The molecule has 0 saturated carbocycles. The molecular formula is C27H28N4O4. The zero-order chi connectivity index (χ0) is 24.4. The van der Waals surface area contributed by atoms with Gasteiger partial charge in [-0.1, -0.05) is 30.3 Å². The molecule has 0 unspecified atom stereocenters. The van der Waals surface area contributed by atoms with Crippen LogP contribution >= 0.6 is 0 Å². The summed E-state index contributed by atoms with van der Waals surface area (Å²) in [6, 6.07) is 17.3. The van der Waals surface area contributed by atoms with Crippen molar-refractivity contribution in [3.8, 4) is 11.5 Å². The van der Waals surface area contributed by atoms with Crippen molar-refractivity contribution < 1.29 is 14.3 Å². The average Bonchev–Trinajstić information content (AvgIpc) is 3.34. The number of para-hydroxylation sites is 1. The van der Waals surface area contributed by atoms with Gasteiger partial charge in [0.2, 0.25) is 0 Å². The molecule has 2 aromatic carbocycles. The zero-order valence-electron chi connectivity index (χ0n) is 19.9. The Balaban J connectivity index is 1.35. The molecule has 180 valence electrons. The minimum atomic E-state index is -0.241. The third-order valence-corrected chi connectivity index (χ3v) is 6.43. The van der Waals surface area contributed by atoms with Crippen molar-refractivity contribution in [1.82, 2.24) is 19.1 Å². The number of likely N-dealkylation sites (tertiary alicyclic amines) is 1. The third kappa shape index (κ3) is 4.64. The highest BCUT2D eigenvalue weighted by Gasteiger charge is 2.28. The molecule has 35 heavy (non-hydrogen) atoms. The van der Waals surface area contributed by atoms with E-state index in [0.29, 0.717) is 30.7 Å². The number of fused-ring (bicyclic) bond motifs is 1. The van der Waals surface area contributed by atoms with E-state index >= 15 is 0 Å². The molecule has 1 amide bonds. The number of carbonyl (C=O) groups is 1. The second-order valence-electron chi connectivity index (χ2n) is 8.79. The Labute approximate surface area is 203 Å². The lowest BCUT2D eigenvalue weighted by Crippen LogP contribution is -2.42. The van der Waals surface area contributed by atoms with Crippen LogP contribution in [0.25, 0.3) is 5.52 Å². The van der Waals surface area contributed by atoms with Gasteiger partial charge in [-0.25, -0.2) is 4.52 Å². The number of methoxy groups -OCH3 is 1. The number of hydrogen-bond acceptors (Lipinski definition) is 5. The van der Waals surface area contributed by atoms with E-state index in [0.717, 1.165) is 35.6 Å². The van der Waals surface area contributed by atoms with Crippen LogP contribution in [0.2, 0.25) is 0 Å². The number of nitrogens with zero attached hydrogens (tertiary/aromatic N) is 4. The maximum atomic E-state index is 13.4. The molecule has 3 heterocycles. The molecule has 0 aliphatic carbocycles. The molecule has 1 aliphatic rings. The van der Waals surface area contributed by atoms with Gasteiger partial charge in [0.15, 0.2) is 0 Å². The highest BCUT2D eigenvalue weighted by Crippen LogP contribution is 2.21. The molecule has 0 spiro atoms. The number of amides is 1. The van der Waals surface area contributed by atoms with Gasteiger partial charge in [0.25, 0.3) is 11.5 Å². The lowest BCUT2D eigenvalue weighted by Gasteiger charge is -2.32. The fourth-order valence-corrected chi connectivity index (χ4v) is 4.54. The Hall–Kier alpha value is -4.07. The second kappa shape index (κ2) is 9.66. The minimum absolute atomic E-state index is 0.0642. The number of piperidine rings is 1. The van der Waals surface area contributed by atoms with Gasteiger partial charge < -0.3 is 18.9 Å². The van der Waals surface area contributed by atoms with Crippen LogP contribution in [0.15, 0.2) is 71.8 Å². The quantitative estimate of drug-likeness (QED) is 0.429. The molecule has 1 aliphatic heterocycles. The van der Waals surface area contributed by atoms with Crippen molar-refractivity contribution in [1.29, 1.82) is 0 Å². The molecule has 8 heteroatoms. The number of carbonyl (C=O) groups excluding carboxylic acids is 1. The number of hydrogen-bond donors (Lipinski definition) is 0. The van der Waals surface area contributed by atoms with Gasteiger partial charge in [0.05, 0.1) is 31.1 Å². The van der Waals surface area contributed by atoms with Crippen molar-refractivity contribution in [3.63, 3.8) is 0 Å². The summed E-state index contributed by atoms with van der Waals surface area (Å²) in [4.78, 5) is 28.6. The number of rotatable bonds is 6. The first-order valence-electron chi connectivity index (χ1n) is 11.7.